The van der Waals surface area contributed by atoms with E-state index in [0.717, 1.165) is 22.5 Å². The lowest BCUT2D eigenvalue weighted by Gasteiger charge is -2.08. The minimum Gasteiger partial charge on any atom is -0.478 e. The lowest BCUT2D eigenvalue weighted by molar-refractivity contribution is -0.132. The first-order valence-corrected chi connectivity index (χ1v) is 6.69. The summed E-state index contributed by atoms with van der Waals surface area (Å²) in [5.41, 5.74) is 3.60. The fraction of sp³-hybridized carbons (Fsp3) is 0.0667. The second-order valence-corrected chi connectivity index (χ2v) is 5.41. The van der Waals surface area contributed by atoms with Gasteiger partial charge in [0.2, 0.25) is 0 Å². The van der Waals surface area contributed by atoms with Gasteiger partial charge in [0.05, 0.1) is 11.4 Å². The summed E-state index contributed by atoms with van der Waals surface area (Å²) in [6.07, 6.45) is 5.62. The van der Waals surface area contributed by atoms with Crippen LogP contribution in [0.2, 0.25) is 10.0 Å². The molecule has 1 aliphatic heterocycles. The molecular formula is C15H9Cl2NO2. The minimum atomic E-state index is -0.915. The zero-order chi connectivity index (χ0) is 14.3. The van der Waals surface area contributed by atoms with Gasteiger partial charge >= 0.3 is 5.97 Å². The molecule has 0 radical (unpaired) electrons. The molecule has 0 aromatic heterocycles. The largest absolute Gasteiger partial charge is 0.478 e. The lowest BCUT2D eigenvalue weighted by atomic mass is 9.97. The van der Waals surface area contributed by atoms with E-state index in [0.29, 0.717) is 22.0 Å². The van der Waals surface area contributed by atoms with Gasteiger partial charge in [-0.2, -0.15) is 0 Å². The molecule has 3 rings (SSSR count). The van der Waals surface area contributed by atoms with Crippen molar-refractivity contribution in [1.29, 1.82) is 0 Å². The zero-order valence-corrected chi connectivity index (χ0v) is 11.7. The number of allylic oxidation sites excluding steroid dienone is 4. The fourth-order valence-corrected chi connectivity index (χ4v) is 2.71. The number of hydrogen-bond donors (Lipinski definition) is 1. The molecule has 0 bridgehead atoms. The first kappa shape index (κ1) is 13.2. The molecule has 0 amide bonds. The number of carbonyl (C=O) groups is 1. The fourth-order valence-electron chi connectivity index (χ4n) is 2.18. The third-order valence-electron chi connectivity index (χ3n) is 3.14. The molecule has 0 unspecified atom stereocenters. The van der Waals surface area contributed by atoms with Crippen molar-refractivity contribution in [1.82, 2.24) is 0 Å². The van der Waals surface area contributed by atoms with Gasteiger partial charge in [-0.25, -0.2) is 4.79 Å². The van der Waals surface area contributed by atoms with Crippen molar-refractivity contribution in [2.24, 2.45) is 4.99 Å². The Morgan fingerprint density at radius 2 is 1.85 bits per heavy atom. The van der Waals surface area contributed by atoms with E-state index in [2.05, 4.69) is 4.99 Å². The molecule has 0 saturated carbocycles. The number of halogens is 2. The Kier molecular flexibility index (Phi) is 3.24. The first-order chi connectivity index (χ1) is 9.52. The van der Waals surface area contributed by atoms with Crippen LogP contribution in [0.1, 0.15) is 12.0 Å². The van der Waals surface area contributed by atoms with Crippen LogP contribution in [0, 0.1) is 0 Å². The van der Waals surface area contributed by atoms with Gasteiger partial charge < -0.3 is 5.11 Å². The number of rotatable bonds is 2. The molecule has 2 aliphatic rings. The average molecular weight is 306 g/mol. The second-order valence-electron chi connectivity index (χ2n) is 4.54. The van der Waals surface area contributed by atoms with E-state index in [4.69, 9.17) is 28.3 Å². The molecule has 1 aromatic carbocycles. The van der Waals surface area contributed by atoms with Crippen molar-refractivity contribution in [3.8, 4) is 0 Å². The van der Waals surface area contributed by atoms with Gasteiger partial charge in [-0.1, -0.05) is 35.4 Å². The first-order valence-electron chi connectivity index (χ1n) is 5.93. The molecule has 1 heterocycles. The van der Waals surface area contributed by atoms with E-state index in [1.165, 1.54) is 0 Å². The highest BCUT2D eigenvalue weighted by atomic mass is 35.5. The molecule has 20 heavy (non-hydrogen) atoms. The van der Waals surface area contributed by atoms with Crippen molar-refractivity contribution in [3.63, 3.8) is 0 Å². The van der Waals surface area contributed by atoms with E-state index < -0.39 is 5.97 Å². The molecule has 0 atom stereocenters. The Bertz CT molecular complexity index is 722. The molecular weight excluding hydrogens is 297 g/mol. The summed E-state index contributed by atoms with van der Waals surface area (Å²) in [5, 5.41) is 10.1. The van der Waals surface area contributed by atoms with Crippen LogP contribution in [-0.2, 0) is 4.79 Å². The summed E-state index contributed by atoms with van der Waals surface area (Å²) in [6, 6.07) is 5.23. The normalized spacial score (nSPS) is 16.9. The Morgan fingerprint density at radius 1 is 1.15 bits per heavy atom. The molecule has 1 aliphatic carbocycles. The number of benzene rings is 1. The molecule has 0 fully saturated rings. The maximum atomic E-state index is 11.0. The van der Waals surface area contributed by atoms with E-state index in [9.17, 15) is 4.79 Å². The predicted molar refractivity (Wildman–Crippen MR) is 80.3 cm³/mol. The summed E-state index contributed by atoms with van der Waals surface area (Å²) in [6.45, 7) is 0. The van der Waals surface area contributed by atoms with E-state index >= 15 is 0 Å². The highest BCUT2D eigenvalue weighted by molar-refractivity contribution is 6.35. The van der Waals surface area contributed by atoms with Crippen LogP contribution in [0.3, 0.4) is 0 Å². The monoisotopic (exact) mass is 305 g/mol. The Labute approximate surface area is 125 Å². The third-order valence-corrected chi connectivity index (χ3v) is 3.57. The standard InChI is InChI=1S/C15H9Cl2NO2/c16-11-3-10(4-12(17)7-11)14-5-8-1-2-9(15(19)20)6-13(8)18-14/h1-5,7H,6H2,(H,19,20). The van der Waals surface area contributed by atoms with Crippen LogP contribution < -0.4 is 0 Å². The van der Waals surface area contributed by atoms with Crippen LogP contribution in [-0.4, -0.2) is 16.8 Å². The highest BCUT2D eigenvalue weighted by Gasteiger charge is 2.22. The third kappa shape index (κ3) is 2.42. The van der Waals surface area contributed by atoms with Crippen LogP contribution in [0.4, 0.5) is 0 Å². The van der Waals surface area contributed by atoms with Gasteiger partial charge in [-0.3, -0.25) is 4.99 Å². The number of fused-ring (bicyclic) bond motifs is 1. The molecule has 0 saturated heterocycles. The van der Waals surface area contributed by atoms with Crippen LogP contribution in [0.5, 0.6) is 0 Å². The number of hydrogen-bond acceptors (Lipinski definition) is 2. The summed E-state index contributed by atoms with van der Waals surface area (Å²) in [4.78, 5) is 15.5. The molecule has 1 N–H and O–H groups in total. The van der Waals surface area contributed by atoms with Gasteiger partial charge in [-0.15, -0.1) is 0 Å². The highest BCUT2D eigenvalue weighted by Crippen LogP contribution is 2.32. The van der Waals surface area contributed by atoms with Crippen molar-refractivity contribution >= 4 is 40.6 Å². The summed E-state index contributed by atoms with van der Waals surface area (Å²) < 4.78 is 0. The minimum absolute atomic E-state index is 0.329. The summed E-state index contributed by atoms with van der Waals surface area (Å²) in [5.74, 6) is -0.915. The van der Waals surface area contributed by atoms with Gasteiger partial charge in [0.25, 0.3) is 0 Å². The molecule has 100 valence electrons. The van der Waals surface area contributed by atoms with Crippen LogP contribution in [0.15, 0.2) is 52.6 Å². The van der Waals surface area contributed by atoms with Crippen molar-refractivity contribution < 1.29 is 9.90 Å². The Morgan fingerprint density at radius 3 is 2.50 bits per heavy atom. The molecule has 3 nitrogen and oxygen atoms in total. The number of aliphatic carboxylic acids is 1. The van der Waals surface area contributed by atoms with E-state index in [1.54, 1.807) is 30.4 Å². The topological polar surface area (TPSA) is 49.7 Å². The maximum absolute atomic E-state index is 11.0. The quantitative estimate of drug-likeness (QED) is 0.893. The maximum Gasteiger partial charge on any atom is 0.331 e. The van der Waals surface area contributed by atoms with Gasteiger partial charge in [-0.05, 0) is 29.8 Å². The number of carboxylic acids is 1. The molecule has 1 aromatic rings. The van der Waals surface area contributed by atoms with E-state index in [-0.39, 0.29) is 0 Å². The van der Waals surface area contributed by atoms with Gasteiger partial charge in [0.1, 0.15) is 0 Å². The number of nitrogens with zero attached hydrogens (tertiary/aromatic N) is 1. The Hall–Kier alpha value is -1.84. The smallest absolute Gasteiger partial charge is 0.331 e. The summed E-state index contributed by atoms with van der Waals surface area (Å²) in [7, 11) is 0. The zero-order valence-electron chi connectivity index (χ0n) is 10.2. The van der Waals surface area contributed by atoms with Crippen LogP contribution >= 0.6 is 23.2 Å². The van der Waals surface area contributed by atoms with E-state index in [1.807, 2.05) is 6.08 Å². The van der Waals surface area contributed by atoms with Gasteiger partial charge in [0.15, 0.2) is 0 Å². The van der Waals surface area contributed by atoms with Crippen molar-refractivity contribution in [3.05, 3.63) is 63.2 Å². The average Bonchev–Trinajstić information content (AvgIpc) is 2.80. The number of aliphatic imine (C=N–C) groups is 1. The number of carboxylic acid groups (broad SMARTS) is 1. The van der Waals surface area contributed by atoms with Crippen molar-refractivity contribution in [2.45, 2.75) is 6.42 Å². The predicted octanol–water partition coefficient (Wildman–Crippen LogP) is 4.13. The lowest BCUT2D eigenvalue weighted by Crippen LogP contribution is -2.10. The molecule has 0 spiro atoms. The van der Waals surface area contributed by atoms with Gasteiger partial charge in [0, 0.05) is 27.6 Å². The second kappa shape index (κ2) is 4.93. The Balaban J connectivity index is 1.96. The van der Waals surface area contributed by atoms with Crippen molar-refractivity contribution in [2.75, 3.05) is 0 Å². The molecule has 5 heteroatoms. The summed E-state index contributed by atoms with van der Waals surface area (Å²) >= 11 is 12.0. The van der Waals surface area contributed by atoms with Crippen LogP contribution in [0.25, 0.3) is 5.70 Å². The SMILES string of the molecule is O=C(O)C1=CC=C2C=C(c3cc(Cl)cc(Cl)c3)N=C2C1.